The molecule has 0 radical (unpaired) electrons. The van der Waals surface area contributed by atoms with Gasteiger partial charge in [0.1, 0.15) is 6.04 Å². The summed E-state index contributed by atoms with van der Waals surface area (Å²) in [6, 6.07) is 13.4. The first-order valence-corrected chi connectivity index (χ1v) is 11.3. The maximum atomic E-state index is 12.3. The number of nitrogens with zero attached hydrogens (tertiary/aromatic N) is 2. The van der Waals surface area contributed by atoms with Crippen molar-refractivity contribution in [2.45, 2.75) is 24.8 Å². The van der Waals surface area contributed by atoms with Crippen LogP contribution in [0.3, 0.4) is 0 Å². The number of hydrogen-bond donors (Lipinski definition) is 2. The average Bonchev–Trinajstić information content (AvgIpc) is 3.32. The van der Waals surface area contributed by atoms with Crippen LogP contribution in [0.15, 0.2) is 53.1 Å². The maximum absolute atomic E-state index is 12.3. The van der Waals surface area contributed by atoms with Gasteiger partial charge in [-0.05, 0) is 43.7 Å². The molecule has 2 aromatic heterocycles. The van der Waals surface area contributed by atoms with Gasteiger partial charge in [0.2, 0.25) is 0 Å². The number of carboxylic acids is 1. The molecule has 0 spiro atoms. The number of aromatic nitrogens is 2. The number of para-hydroxylation sites is 1. The van der Waals surface area contributed by atoms with Crippen LogP contribution in [0.5, 0.6) is 0 Å². The molecule has 0 unspecified atom stereocenters. The standard InChI is InChI=1S/C22H20BrN3O2S/c23-14-7-8-15-16(11-24-18(15)10-14)20(22(27)28)26-9-3-4-13(12-26)21-25-17-5-1-2-6-19(17)29-21/h1-2,5-8,10-11,13,20,24H,3-4,9,12H2,(H,27,28)/t13-,20-/m1/s1. The van der Waals surface area contributed by atoms with Gasteiger partial charge in [-0.2, -0.15) is 0 Å². The Kier molecular flexibility index (Phi) is 4.89. The molecule has 0 aliphatic carbocycles. The lowest BCUT2D eigenvalue weighted by molar-refractivity contribution is -0.144. The van der Waals surface area contributed by atoms with Gasteiger partial charge < -0.3 is 10.1 Å². The summed E-state index contributed by atoms with van der Waals surface area (Å²) in [6.45, 7) is 1.49. The number of aliphatic carboxylic acids is 1. The first kappa shape index (κ1) is 18.8. The van der Waals surface area contributed by atoms with E-state index >= 15 is 0 Å². The Balaban J connectivity index is 1.47. The molecule has 2 aromatic carbocycles. The van der Waals surface area contributed by atoms with Gasteiger partial charge in [-0.25, -0.2) is 4.98 Å². The van der Waals surface area contributed by atoms with Gasteiger partial charge in [0.15, 0.2) is 0 Å². The minimum Gasteiger partial charge on any atom is -0.480 e. The predicted molar refractivity (Wildman–Crippen MR) is 120 cm³/mol. The van der Waals surface area contributed by atoms with Gasteiger partial charge in [-0.3, -0.25) is 9.69 Å². The minimum absolute atomic E-state index is 0.266. The Labute approximate surface area is 180 Å². The number of H-pyrrole nitrogens is 1. The number of carbonyl (C=O) groups is 1. The number of likely N-dealkylation sites (tertiary alicyclic amines) is 1. The fourth-order valence-corrected chi connectivity index (χ4v) is 5.79. The van der Waals surface area contributed by atoms with Crippen molar-refractivity contribution in [3.05, 3.63) is 63.7 Å². The fraction of sp³-hybridized carbons (Fsp3) is 0.273. The van der Waals surface area contributed by atoms with E-state index in [9.17, 15) is 9.90 Å². The van der Waals surface area contributed by atoms with E-state index in [0.29, 0.717) is 6.54 Å². The second kappa shape index (κ2) is 7.55. The molecular weight excluding hydrogens is 450 g/mol. The lowest BCUT2D eigenvalue weighted by Crippen LogP contribution is -2.40. The van der Waals surface area contributed by atoms with Crippen molar-refractivity contribution in [2.24, 2.45) is 0 Å². The van der Waals surface area contributed by atoms with Crippen molar-refractivity contribution < 1.29 is 9.90 Å². The van der Waals surface area contributed by atoms with Crippen LogP contribution in [0.4, 0.5) is 0 Å². The highest BCUT2D eigenvalue weighted by molar-refractivity contribution is 9.10. The van der Waals surface area contributed by atoms with Crippen molar-refractivity contribution >= 4 is 54.4 Å². The number of benzene rings is 2. The van der Waals surface area contributed by atoms with E-state index in [0.717, 1.165) is 50.8 Å². The van der Waals surface area contributed by atoms with Crippen LogP contribution in [-0.2, 0) is 4.79 Å². The third-order valence-corrected chi connectivity index (χ3v) is 7.37. The summed E-state index contributed by atoms with van der Waals surface area (Å²) < 4.78 is 2.16. The molecule has 1 aliphatic heterocycles. The van der Waals surface area contributed by atoms with Crippen molar-refractivity contribution in [3.63, 3.8) is 0 Å². The van der Waals surface area contributed by atoms with Crippen LogP contribution < -0.4 is 0 Å². The highest BCUT2D eigenvalue weighted by Gasteiger charge is 2.34. The molecule has 3 heterocycles. The molecule has 0 saturated carbocycles. The smallest absolute Gasteiger partial charge is 0.325 e. The van der Waals surface area contributed by atoms with Crippen molar-refractivity contribution in [1.29, 1.82) is 0 Å². The molecule has 2 atom stereocenters. The van der Waals surface area contributed by atoms with E-state index < -0.39 is 12.0 Å². The number of piperidine rings is 1. The zero-order valence-electron chi connectivity index (χ0n) is 15.6. The molecule has 7 heteroatoms. The largest absolute Gasteiger partial charge is 0.480 e. The summed E-state index contributed by atoms with van der Waals surface area (Å²) >= 11 is 5.21. The molecule has 5 rings (SSSR count). The topological polar surface area (TPSA) is 69.2 Å². The Morgan fingerprint density at radius 1 is 1.31 bits per heavy atom. The van der Waals surface area contributed by atoms with Crippen LogP contribution >= 0.6 is 27.3 Å². The van der Waals surface area contributed by atoms with Crippen molar-refractivity contribution in [1.82, 2.24) is 14.9 Å². The van der Waals surface area contributed by atoms with Gasteiger partial charge in [0.25, 0.3) is 0 Å². The highest BCUT2D eigenvalue weighted by atomic mass is 79.9. The summed E-state index contributed by atoms with van der Waals surface area (Å²) in [6.07, 6.45) is 3.86. The molecule has 29 heavy (non-hydrogen) atoms. The first-order valence-electron chi connectivity index (χ1n) is 9.69. The zero-order chi connectivity index (χ0) is 20.0. The third kappa shape index (κ3) is 3.47. The number of nitrogens with one attached hydrogen (secondary N) is 1. The normalized spacial score (nSPS) is 19.0. The van der Waals surface area contributed by atoms with Gasteiger partial charge >= 0.3 is 5.97 Å². The van der Waals surface area contributed by atoms with E-state index in [-0.39, 0.29) is 5.92 Å². The molecule has 1 aliphatic rings. The third-order valence-electron chi connectivity index (χ3n) is 5.68. The highest BCUT2D eigenvalue weighted by Crippen LogP contribution is 2.37. The number of rotatable bonds is 4. The van der Waals surface area contributed by atoms with Gasteiger partial charge in [-0.15, -0.1) is 11.3 Å². The lowest BCUT2D eigenvalue weighted by atomic mass is 9.95. The molecular formula is C22H20BrN3O2S. The molecule has 4 aromatic rings. The van der Waals surface area contributed by atoms with E-state index in [1.807, 2.05) is 42.6 Å². The molecule has 2 N–H and O–H groups in total. The zero-order valence-corrected chi connectivity index (χ0v) is 18.0. The number of aromatic amines is 1. The SMILES string of the molecule is O=C(O)[C@@H](c1c[nH]c2cc(Br)ccc12)N1CCC[C@@H](c2nc3ccccc3s2)C1. The number of fused-ring (bicyclic) bond motifs is 2. The summed E-state index contributed by atoms with van der Waals surface area (Å²) in [5.41, 5.74) is 2.80. The summed E-state index contributed by atoms with van der Waals surface area (Å²) in [5, 5.41) is 12.2. The molecule has 0 amide bonds. The van der Waals surface area contributed by atoms with Crippen LogP contribution in [0.25, 0.3) is 21.1 Å². The van der Waals surface area contributed by atoms with Crippen molar-refractivity contribution in [2.75, 3.05) is 13.1 Å². The summed E-state index contributed by atoms with van der Waals surface area (Å²) in [4.78, 5) is 22.5. The van der Waals surface area contributed by atoms with Crippen LogP contribution in [0.2, 0.25) is 0 Å². The Morgan fingerprint density at radius 3 is 3.00 bits per heavy atom. The number of thiazole rings is 1. The minimum atomic E-state index is -0.807. The van der Waals surface area contributed by atoms with E-state index in [1.54, 1.807) is 11.3 Å². The molecule has 148 valence electrons. The number of carboxylic acid groups (broad SMARTS) is 1. The van der Waals surface area contributed by atoms with E-state index in [1.165, 1.54) is 4.70 Å². The van der Waals surface area contributed by atoms with E-state index in [2.05, 4.69) is 31.9 Å². The first-order chi connectivity index (χ1) is 14.1. The predicted octanol–water partition coefficient (Wildman–Crippen LogP) is 5.55. The molecule has 0 bridgehead atoms. The number of hydrogen-bond acceptors (Lipinski definition) is 4. The second-order valence-corrected chi connectivity index (χ2v) is 9.51. The Hall–Kier alpha value is -2.22. The molecule has 1 fully saturated rings. The molecule has 5 nitrogen and oxygen atoms in total. The summed E-state index contributed by atoms with van der Waals surface area (Å²) in [7, 11) is 0. The average molecular weight is 470 g/mol. The van der Waals surface area contributed by atoms with Gasteiger partial charge in [-0.1, -0.05) is 34.1 Å². The van der Waals surface area contributed by atoms with Gasteiger partial charge in [0.05, 0.1) is 15.2 Å². The Bertz CT molecular complexity index is 1170. The van der Waals surface area contributed by atoms with Gasteiger partial charge in [0, 0.05) is 39.6 Å². The van der Waals surface area contributed by atoms with Crippen LogP contribution in [0, 0.1) is 0 Å². The summed E-state index contributed by atoms with van der Waals surface area (Å²) in [5.74, 6) is -0.541. The van der Waals surface area contributed by atoms with Crippen LogP contribution in [0.1, 0.15) is 35.4 Å². The van der Waals surface area contributed by atoms with Crippen molar-refractivity contribution in [3.8, 4) is 0 Å². The second-order valence-electron chi connectivity index (χ2n) is 7.53. The Morgan fingerprint density at radius 2 is 2.17 bits per heavy atom. The monoisotopic (exact) mass is 469 g/mol. The quantitative estimate of drug-likeness (QED) is 0.411. The maximum Gasteiger partial charge on any atom is 0.325 e. The molecule has 1 saturated heterocycles. The lowest BCUT2D eigenvalue weighted by Gasteiger charge is -2.35. The fourth-order valence-electron chi connectivity index (χ4n) is 4.34. The van der Waals surface area contributed by atoms with E-state index in [4.69, 9.17) is 4.98 Å². The van der Waals surface area contributed by atoms with Crippen LogP contribution in [-0.4, -0.2) is 39.0 Å². The number of halogens is 1.